The number of hydrogen-bond donors (Lipinski definition) is 0. The lowest BCUT2D eigenvalue weighted by atomic mass is 10.00. The maximum absolute atomic E-state index is 13.0. The third-order valence-corrected chi connectivity index (χ3v) is 5.75. The fourth-order valence-corrected chi connectivity index (χ4v) is 4.14. The van der Waals surface area contributed by atoms with E-state index >= 15 is 0 Å². The van der Waals surface area contributed by atoms with Crippen molar-refractivity contribution in [3.63, 3.8) is 0 Å². The summed E-state index contributed by atoms with van der Waals surface area (Å²) in [7, 11) is 0. The summed E-state index contributed by atoms with van der Waals surface area (Å²) in [6.07, 6.45) is 4.10. The van der Waals surface area contributed by atoms with E-state index in [9.17, 15) is 9.59 Å². The van der Waals surface area contributed by atoms with E-state index in [1.807, 2.05) is 59.5 Å². The van der Waals surface area contributed by atoms with E-state index in [1.165, 1.54) is 0 Å². The molecule has 2 heterocycles. The molecule has 0 saturated carbocycles. The van der Waals surface area contributed by atoms with Crippen LogP contribution >= 0.6 is 0 Å². The SMILES string of the molecule is CC[C@H]1CCCCN1C(=O)COC(=O)c1cc(-c2ccccc2)nc2ccccc12. The normalized spacial score (nSPS) is 16.4. The van der Waals surface area contributed by atoms with E-state index in [-0.39, 0.29) is 18.6 Å². The second-order valence-corrected chi connectivity index (χ2v) is 7.66. The van der Waals surface area contributed by atoms with Gasteiger partial charge in [0.05, 0.1) is 16.8 Å². The third kappa shape index (κ3) is 4.20. The van der Waals surface area contributed by atoms with Gasteiger partial charge in [-0.05, 0) is 37.8 Å². The number of amides is 1. The molecule has 1 aliphatic rings. The van der Waals surface area contributed by atoms with Gasteiger partial charge in [-0.2, -0.15) is 0 Å². The van der Waals surface area contributed by atoms with E-state index in [0.29, 0.717) is 11.3 Å². The van der Waals surface area contributed by atoms with E-state index in [1.54, 1.807) is 6.07 Å². The van der Waals surface area contributed by atoms with Gasteiger partial charge in [-0.3, -0.25) is 4.79 Å². The monoisotopic (exact) mass is 402 g/mol. The Kier molecular flexibility index (Phi) is 6.07. The summed E-state index contributed by atoms with van der Waals surface area (Å²) in [5, 5.41) is 0.721. The molecule has 1 aromatic heterocycles. The fourth-order valence-electron chi connectivity index (χ4n) is 4.14. The fraction of sp³-hybridized carbons (Fsp3) is 0.320. The molecule has 4 rings (SSSR count). The molecule has 154 valence electrons. The summed E-state index contributed by atoms with van der Waals surface area (Å²) in [5.74, 6) is -0.610. The number of aromatic nitrogens is 1. The lowest BCUT2D eigenvalue weighted by molar-refractivity contribution is -0.138. The van der Waals surface area contributed by atoms with Gasteiger partial charge in [-0.15, -0.1) is 0 Å². The van der Waals surface area contributed by atoms with Crippen molar-refractivity contribution in [3.05, 3.63) is 66.2 Å². The largest absolute Gasteiger partial charge is 0.452 e. The maximum Gasteiger partial charge on any atom is 0.339 e. The Labute approximate surface area is 176 Å². The van der Waals surface area contributed by atoms with Gasteiger partial charge in [0.15, 0.2) is 6.61 Å². The first-order valence-electron chi connectivity index (χ1n) is 10.6. The Morgan fingerprint density at radius 2 is 1.83 bits per heavy atom. The lowest BCUT2D eigenvalue weighted by Gasteiger charge is -2.35. The zero-order valence-electron chi connectivity index (χ0n) is 17.2. The summed E-state index contributed by atoms with van der Waals surface area (Å²) in [5.41, 5.74) is 2.78. The van der Waals surface area contributed by atoms with Crippen LogP contribution < -0.4 is 0 Å². The Bertz CT molecular complexity index is 1050. The van der Waals surface area contributed by atoms with Crippen molar-refractivity contribution in [1.82, 2.24) is 9.88 Å². The van der Waals surface area contributed by atoms with Gasteiger partial charge >= 0.3 is 5.97 Å². The van der Waals surface area contributed by atoms with Crippen LogP contribution in [0, 0.1) is 0 Å². The minimum absolute atomic E-state index is 0.114. The first-order chi connectivity index (χ1) is 14.7. The number of pyridine rings is 1. The van der Waals surface area contributed by atoms with E-state index < -0.39 is 5.97 Å². The highest BCUT2D eigenvalue weighted by atomic mass is 16.5. The van der Waals surface area contributed by atoms with E-state index in [2.05, 4.69) is 6.92 Å². The van der Waals surface area contributed by atoms with Crippen molar-refractivity contribution in [2.45, 2.75) is 38.6 Å². The van der Waals surface area contributed by atoms with Crippen LogP contribution in [0.2, 0.25) is 0 Å². The van der Waals surface area contributed by atoms with Crippen molar-refractivity contribution < 1.29 is 14.3 Å². The number of nitrogens with zero attached hydrogens (tertiary/aromatic N) is 2. The molecule has 1 atom stereocenters. The van der Waals surface area contributed by atoms with Crippen LogP contribution in [0.25, 0.3) is 22.2 Å². The molecule has 1 aliphatic heterocycles. The third-order valence-electron chi connectivity index (χ3n) is 5.75. The Morgan fingerprint density at radius 1 is 1.07 bits per heavy atom. The number of likely N-dealkylation sites (tertiary alicyclic amines) is 1. The van der Waals surface area contributed by atoms with Crippen LogP contribution in [-0.4, -0.2) is 41.0 Å². The smallest absolute Gasteiger partial charge is 0.339 e. The van der Waals surface area contributed by atoms with Gasteiger partial charge in [0.1, 0.15) is 0 Å². The lowest BCUT2D eigenvalue weighted by Crippen LogP contribution is -2.45. The van der Waals surface area contributed by atoms with Crippen LogP contribution in [-0.2, 0) is 9.53 Å². The number of piperidine rings is 1. The van der Waals surface area contributed by atoms with Crippen LogP contribution in [0.5, 0.6) is 0 Å². The Hall–Kier alpha value is -3.21. The van der Waals surface area contributed by atoms with Crippen LogP contribution in [0.4, 0.5) is 0 Å². The molecule has 0 bridgehead atoms. The first kappa shape index (κ1) is 20.1. The highest BCUT2D eigenvalue weighted by molar-refractivity contribution is 6.05. The minimum atomic E-state index is -0.496. The topological polar surface area (TPSA) is 59.5 Å². The zero-order chi connectivity index (χ0) is 20.9. The molecule has 2 aromatic carbocycles. The molecule has 30 heavy (non-hydrogen) atoms. The number of carbonyl (C=O) groups is 2. The first-order valence-corrected chi connectivity index (χ1v) is 10.6. The molecular weight excluding hydrogens is 376 g/mol. The summed E-state index contributed by atoms with van der Waals surface area (Å²) >= 11 is 0. The Balaban J connectivity index is 1.57. The van der Waals surface area contributed by atoms with Crippen molar-refractivity contribution in [2.24, 2.45) is 0 Å². The number of para-hydroxylation sites is 1. The number of rotatable bonds is 5. The highest BCUT2D eigenvalue weighted by Crippen LogP contribution is 2.25. The van der Waals surface area contributed by atoms with Crippen molar-refractivity contribution in [1.29, 1.82) is 0 Å². The van der Waals surface area contributed by atoms with Crippen molar-refractivity contribution in [2.75, 3.05) is 13.2 Å². The Morgan fingerprint density at radius 3 is 2.63 bits per heavy atom. The maximum atomic E-state index is 13.0. The molecule has 5 nitrogen and oxygen atoms in total. The molecule has 1 amide bonds. The van der Waals surface area contributed by atoms with Gasteiger partial charge in [0, 0.05) is 23.5 Å². The van der Waals surface area contributed by atoms with Gasteiger partial charge in [-0.1, -0.05) is 55.5 Å². The summed E-state index contributed by atoms with van der Waals surface area (Å²) in [6.45, 7) is 2.61. The van der Waals surface area contributed by atoms with E-state index in [4.69, 9.17) is 9.72 Å². The second-order valence-electron chi connectivity index (χ2n) is 7.66. The quantitative estimate of drug-likeness (QED) is 0.573. The standard InChI is InChI=1S/C25H26N2O3/c1-2-19-12-8-9-15-27(19)24(28)17-30-25(29)21-16-23(18-10-4-3-5-11-18)26-22-14-7-6-13-20(21)22/h3-7,10-11,13-14,16,19H,2,8-9,12,15,17H2,1H3/t19-/m0/s1. The number of esters is 1. The summed E-state index contributed by atoms with van der Waals surface area (Å²) in [6, 6.07) is 19.2. The molecule has 3 aromatic rings. The molecule has 0 spiro atoms. The number of benzene rings is 2. The van der Waals surface area contributed by atoms with Crippen LogP contribution in [0.3, 0.4) is 0 Å². The number of fused-ring (bicyclic) bond motifs is 1. The molecule has 1 saturated heterocycles. The highest BCUT2D eigenvalue weighted by Gasteiger charge is 2.26. The van der Waals surface area contributed by atoms with Crippen LogP contribution in [0.15, 0.2) is 60.7 Å². The summed E-state index contributed by atoms with van der Waals surface area (Å²) < 4.78 is 5.48. The second kappa shape index (κ2) is 9.08. The minimum Gasteiger partial charge on any atom is -0.452 e. The molecule has 1 fully saturated rings. The predicted octanol–water partition coefficient (Wildman–Crippen LogP) is 4.85. The number of ether oxygens (including phenoxy) is 1. The molecule has 0 aliphatic carbocycles. The predicted molar refractivity (Wildman–Crippen MR) is 117 cm³/mol. The molecule has 0 radical (unpaired) electrons. The van der Waals surface area contributed by atoms with Crippen molar-refractivity contribution in [3.8, 4) is 11.3 Å². The van der Waals surface area contributed by atoms with Gasteiger partial charge < -0.3 is 9.64 Å². The number of hydrogen-bond acceptors (Lipinski definition) is 4. The zero-order valence-corrected chi connectivity index (χ0v) is 17.2. The summed E-state index contributed by atoms with van der Waals surface area (Å²) in [4.78, 5) is 32.2. The van der Waals surface area contributed by atoms with Gasteiger partial charge in [-0.25, -0.2) is 9.78 Å². The molecule has 0 N–H and O–H groups in total. The van der Waals surface area contributed by atoms with Crippen molar-refractivity contribution >= 4 is 22.8 Å². The van der Waals surface area contributed by atoms with Gasteiger partial charge in [0.25, 0.3) is 5.91 Å². The van der Waals surface area contributed by atoms with Crippen LogP contribution in [0.1, 0.15) is 43.0 Å². The number of carbonyl (C=O) groups excluding carboxylic acids is 2. The van der Waals surface area contributed by atoms with E-state index in [0.717, 1.165) is 48.7 Å². The average molecular weight is 402 g/mol. The average Bonchev–Trinajstić information content (AvgIpc) is 2.82. The molecule has 0 unspecified atom stereocenters. The molecular formula is C25H26N2O3. The molecule has 5 heteroatoms. The van der Waals surface area contributed by atoms with Gasteiger partial charge in [0.2, 0.25) is 0 Å².